The van der Waals surface area contributed by atoms with Gasteiger partial charge in [0, 0.05) is 6.07 Å². The Labute approximate surface area is 134 Å². The number of nitro benzene ring substituents is 1. The molecule has 0 saturated heterocycles. The maximum absolute atomic E-state index is 11.2. The molecular formula is C20H15NO2. The van der Waals surface area contributed by atoms with E-state index in [1.54, 1.807) is 12.1 Å². The molecule has 3 nitrogen and oxygen atoms in total. The van der Waals surface area contributed by atoms with Crippen LogP contribution in [0.5, 0.6) is 0 Å². The van der Waals surface area contributed by atoms with E-state index in [2.05, 4.69) is 31.2 Å². The predicted octanol–water partition coefficient (Wildman–Crippen LogP) is 5.04. The Morgan fingerprint density at radius 3 is 2.70 bits per heavy atom. The summed E-state index contributed by atoms with van der Waals surface area (Å²) in [5.41, 5.74) is 6.45. The van der Waals surface area contributed by atoms with Crippen molar-refractivity contribution in [2.24, 2.45) is 0 Å². The van der Waals surface area contributed by atoms with E-state index in [1.807, 2.05) is 24.3 Å². The zero-order valence-corrected chi connectivity index (χ0v) is 12.7. The molecule has 1 aliphatic carbocycles. The van der Waals surface area contributed by atoms with Crippen molar-refractivity contribution in [2.75, 3.05) is 0 Å². The highest BCUT2D eigenvalue weighted by Crippen LogP contribution is 2.36. The largest absolute Gasteiger partial charge is 0.277 e. The van der Waals surface area contributed by atoms with Gasteiger partial charge in [-0.15, -0.1) is 0 Å². The number of rotatable bonds is 2. The second-order valence-corrected chi connectivity index (χ2v) is 5.89. The van der Waals surface area contributed by atoms with Gasteiger partial charge in [-0.2, -0.15) is 0 Å². The average Bonchev–Trinajstić information content (AvgIpc) is 2.99. The molecule has 4 rings (SSSR count). The molecule has 0 N–H and O–H groups in total. The molecule has 0 spiro atoms. The van der Waals surface area contributed by atoms with Crippen molar-refractivity contribution in [1.29, 1.82) is 0 Å². The molecule has 0 unspecified atom stereocenters. The summed E-state index contributed by atoms with van der Waals surface area (Å²) in [4.78, 5) is 10.8. The van der Waals surface area contributed by atoms with Crippen molar-refractivity contribution in [2.45, 2.75) is 13.3 Å². The van der Waals surface area contributed by atoms with Gasteiger partial charge in [-0.1, -0.05) is 42.5 Å². The Kier molecular flexibility index (Phi) is 3.01. The number of allylic oxidation sites excluding steroid dienone is 1. The highest BCUT2D eigenvalue weighted by molar-refractivity contribution is 5.95. The minimum Gasteiger partial charge on any atom is -0.258 e. The number of benzene rings is 3. The molecule has 3 aromatic rings. The Hall–Kier alpha value is -2.94. The fourth-order valence-corrected chi connectivity index (χ4v) is 3.41. The van der Waals surface area contributed by atoms with Gasteiger partial charge in [0.2, 0.25) is 0 Å². The first kappa shape index (κ1) is 13.7. The molecule has 0 radical (unpaired) electrons. The van der Waals surface area contributed by atoms with E-state index in [0.717, 1.165) is 17.4 Å². The van der Waals surface area contributed by atoms with E-state index in [0.29, 0.717) is 5.39 Å². The number of hydrogen-bond acceptors (Lipinski definition) is 2. The van der Waals surface area contributed by atoms with Crippen LogP contribution in [0, 0.1) is 17.0 Å². The fraction of sp³-hybridized carbons (Fsp3) is 0.100. The molecule has 0 heterocycles. The van der Waals surface area contributed by atoms with Crippen LogP contribution in [0.3, 0.4) is 0 Å². The van der Waals surface area contributed by atoms with Gasteiger partial charge in [-0.05, 0) is 58.7 Å². The molecule has 0 aliphatic heterocycles. The van der Waals surface area contributed by atoms with Gasteiger partial charge in [0.25, 0.3) is 5.69 Å². The predicted molar refractivity (Wildman–Crippen MR) is 92.6 cm³/mol. The smallest absolute Gasteiger partial charge is 0.258 e. The summed E-state index contributed by atoms with van der Waals surface area (Å²) < 4.78 is 0. The number of aryl methyl sites for hydroxylation is 1. The van der Waals surface area contributed by atoms with Gasteiger partial charge in [-0.3, -0.25) is 10.1 Å². The summed E-state index contributed by atoms with van der Waals surface area (Å²) in [6.07, 6.45) is 3.19. The van der Waals surface area contributed by atoms with Crippen molar-refractivity contribution < 1.29 is 4.92 Å². The molecule has 23 heavy (non-hydrogen) atoms. The lowest BCUT2D eigenvalue weighted by Crippen LogP contribution is -1.92. The molecule has 0 fully saturated rings. The molecule has 112 valence electrons. The molecular weight excluding hydrogens is 286 g/mol. The molecule has 1 aliphatic rings. The molecule has 0 aromatic heterocycles. The number of nitrogens with zero attached hydrogens (tertiary/aromatic N) is 1. The monoisotopic (exact) mass is 301 g/mol. The summed E-state index contributed by atoms with van der Waals surface area (Å²) in [5, 5.41) is 12.7. The van der Waals surface area contributed by atoms with E-state index in [4.69, 9.17) is 0 Å². The maximum atomic E-state index is 11.2. The van der Waals surface area contributed by atoms with Crippen molar-refractivity contribution >= 4 is 22.0 Å². The van der Waals surface area contributed by atoms with E-state index >= 15 is 0 Å². The van der Waals surface area contributed by atoms with E-state index in [1.165, 1.54) is 22.3 Å². The molecule has 0 saturated carbocycles. The molecule has 0 amide bonds. The Morgan fingerprint density at radius 1 is 1.04 bits per heavy atom. The number of non-ortho nitro benzene ring substituents is 1. The number of hydrogen-bond donors (Lipinski definition) is 0. The Bertz CT molecular complexity index is 986. The van der Waals surface area contributed by atoms with Crippen LogP contribution in [0.1, 0.15) is 22.3 Å². The third kappa shape index (κ3) is 2.13. The molecule has 3 aromatic carbocycles. The summed E-state index contributed by atoms with van der Waals surface area (Å²) in [5.74, 6) is 0. The zero-order chi connectivity index (χ0) is 16.0. The van der Waals surface area contributed by atoms with Crippen LogP contribution in [0.4, 0.5) is 5.69 Å². The lowest BCUT2D eigenvalue weighted by atomic mass is 9.95. The number of nitro groups is 1. The van der Waals surface area contributed by atoms with E-state index in [-0.39, 0.29) is 10.6 Å². The van der Waals surface area contributed by atoms with Gasteiger partial charge < -0.3 is 0 Å². The second-order valence-electron chi connectivity index (χ2n) is 5.89. The van der Waals surface area contributed by atoms with E-state index in [9.17, 15) is 10.1 Å². The summed E-state index contributed by atoms with van der Waals surface area (Å²) in [6, 6.07) is 17.5. The molecule has 3 heteroatoms. The first-order valence-electron chi connectivity index (χ1n) is 7.62. The van der Waals surface area contributed by atoms with E-state index < -0.39 is 0 Å². The van der Waals surface area contributed by atoms with Crippen molar-refractivity contribution in [3.63, 3.8) is 0 Å². The topological polar surface area (TPSA) is 43.1 Å². The van der Waals surface area contributed by atoms with Gasteiger partial charge in [0.15, 0.2) is 0 Å². The van der Waals surface area contributed by atoms with Crippen molar-refractivity contribution in [3.8, 4) is 0 Å². The summed E-state index contributed by atoms with van der Waals surface area (Å²) in [7, 11) is 0. The Balaban J connectivity index is 1.87. The standard InChI is InChI=1S/C20H15NO2/c1-13-4-2-6-19-16(13)10-11-17(19)15-8-9-18-14(12-15)5-3-7-20(18)21(22)23/h2-9,11-12H,10H2,1H3. The normalized spacial score (nSPS) is 13.0. The highest BCUT2D eigenvalue weighted by Gasteiger charge is 2.18. The second kappa shape index (κ2) is 5.06. The average molecular weight is 301 g/mol. The Morgan fingerprint density at radius 2 is 1.87 bits per heavy atom. The van der Waals surface area contributed by atoms with Gasteiger partial charge in [0.05, 0.1) is 10.3 Å². The van der Waals surface area contributed by atoms with Crippen LogP contribution in [0.2, 0.25) is 0 Å². The highest BCUT2D eigenvalue weighted by atomic mass is 16.6. The van der Waals surface area contributed by atoms with Gasteiger partial charge in [0.1, 0.15) is 0 Å². The first-order valence-corrected chi connectivity index (χ1v) is 7.62. The fourth-order valence-electron chi connectivity index (χ4n) is 3.41. The minimum absolute atomic E-state index is 0.158. The van der Waals surface area contributed by atoms with Crippen molar-refractivity contribution in [3.05, 3.63) is 93.0 Å². The quantitative estimate of drug-likeness (QED) is 0.491. The summed E-state index contributed by atoms with van der Waals surface area (Å²) in [6.45, 7) is 2.14. The van der Waals surface area contributed by atoms with Crippen LogP contribution in [-0.4, -0.2) is 4.92 Å². The SMILES string of the molecule is Cc1cccc2c1CC=C2c1ccc2c([N+](=O)[O-])cccc2c1. The van der Waals surface area contributed by atoms with Crippen LogP contribution >= 0.6 is 0 Å². The van der Waals surface area contributed by atoms with Crippen LogP contribution in [0.15, 0.2) is 60.7 Å². The maximum Gasteiger partial charge on any atom is 0.277 e. The van der Waals surface area contributed by atoms with Gasteiger partial charge in [-0.25, -0.2) is 0 Å². The lowest BCUT2D eigenvalue weighted by Gasteiger charge is -2.09. The third-order valence-corrected chi connectivity index (χ3v) is 4.58. The van der Waals surface area contributed by atoms with Crippen LogP contribution < -0.4 is 0 Å². The van der Waals surface area contributed by atoms with Crippen molar-refractivity contribution in [1.82, 2.24) is 0 Å². The summed E-state index contributed by atoms with van der Waals surface area (Å²) >= 11 is 0. The minimum atomic E-state index is -0.324. The lowest BCUT2D eigenvalue weighted by molar-refractivity contribution is -0.383. The molecule has 0 atom stereocenters. The third-order valence-electron chi connectivity index (χ3n) is 4.58. The van der Waals surface area contributed by atoms with Crippen LogP contribution in [0.25, 0.3) is 16.3 Å². The zero-order valence-electron chi connectivity index (χ0n) is 12.7. The van der Waals surface area contributed by atoms with Gasteiger partial charge >= 0.3 is 0 Å². The first-order chi connectivity index (χ1) is 11.1. The number of fused-ring (bicyclic) bond motifs is 2. The van der Waals surface area contributed by atoms with Crippen LogP contribution in [-0.2, 0) is 6.42 Å². The molecule has 0 bridgehead atoms.